The predicted octanol–water partition coefficient (Wildman–Crippen LogP) is 3.00. The van der Waals surface area contributed by atoms with Crippen LogP contribution in [0.1, 0.15) is 24.1 Å². The number of imide groups is 1. The molecule has 9 heteroatoms. The van der Waals surface area contributed by atoms with Crippen LogP contribution in [0.3, 0.4) is 0 Å². The zero-order valence-corrected chi connectivity index (χ0v) is 21.0. The molecule has 3 aliphatic heterocycles. The van der Waals surface area contributed by atoms with Gasteiger partial charge >= 0.3 is 5.97 Å². The molecule has 0 aromatic heterocycles. The van der Waals surface area contributed by atoms with Gasteiger partial charge in [0.15, 0.2) is 6.04 Å². The van der Waals surface area contributed by atoms with Crippen molar-refractivity contribution >= 4 is 52.7 Å². The summed E-state index contributed by atoms with van der Waals surface area (Å²) >= 11 is 5.99. The fourth-order valence-electron chi connectivity index (χ4n) is 5.89. The highest BCUT2D eigenvalue weighted by Crippen LogP contribution is 2.45. The van der Waals surface area contributed by atoms with Crippen LogP contribution >= 0.6 is 11.6 Å². The Labute approximate surface area is 223 Å². The van der Waals surface area contributed by atoms with Crippen LogP contribution in [0, 0.1) is 11.8 Å². The van der Waals surface area contributed by atoms with Crippen molar-refractivity contribution in [2.45, 2.75) is 19.0 Å². The number of esters is 1. The molecule has 3 amide bonds. The Morgan fingerprint density at radius 3 is 2.32 bits per heavy atom. The Hall–Kier alpha value is -4.27. The van der Waals surface area contributed by atoms with E-state index in [9.17, 15) is 19.2 Å². The summed E-state index contributed by atoms with van der Waals surface area (Å²) in [6.07, 6.45) is 3.82. The molecule has 1 unspecified atom stereocenters. The molecule has 3 aliphatic rings. The third kappa shape index (κ3) is 3.89. The zero-order valence-electron chi connectivity index (χ0n) is 20.3. The van der Waals surface area contributed by atoms with E-state index in [0.29, 0.717) is 22.1 Å². The molecule has 0 saturated carbocycles. The lowest BCUT2D eigenvalue weighted by Gasteiger charge is -2.30. The molecule has 3 aromatic carbocycles. The minimum Gasteiger partial charge on any atom is -0.427 e. The Morgan fingerprint density at radius 1 is 0.921 bits per heavy atom. The minimum atomic E-state index is -0.862. The van der Waals surface area contributed by atoms with E-state index in [0.717, 1.165) is 20.9 Å². The summed E-state index contributed by atoms with van der Waals surface area (Å²) in [5, 5.41) is 3.45. The number of quaternary nitrogens is 1. The highest BCUT2D eigenvalue weighted by molar-refractivity contribution is 6.30. The molecule has 190 valence electrons. The van der Waals surface area contributed by atoms with Crippen LogP contribution in [0.25, 0.3) is 6.08 Å². The molecule has 3 heterocycles. The van der Waals surface area contributed by atoms with Crippen molar-refractivity contribution in [3.8, 4) is 5.75 Å². The third-order valence-corrected chi connectivity index (χ3v) is 7.62. The Balaban J connectivity index is 1.39. The van der Waals surface area contributed by atoms with Gasteiger partial charge in [-0.15, -0.1) is 0 Å². The summed E-state index contributed by atoms with van der Waals surface area (Å²) in [5.41, 5.74) is 2.80. The second-order valence-electron chi connectivity index (χ2n) is 9.56. The Morgan fingerprint density at radius 2 is 1.61 bits per heavy atom. The van der Waals surface area contributed by atoms with Gasteiger partial charge in [-0.05, 0) is 60.2 Å². The number of hydrogen-bond donors (Lipinski definition) is 2. The average molecular weight is 529 g/mol. The lowest BCUT2D eigenvalue weighted by Crippen LogP contribution is -3.12. The van der Waals surface area contributed by atoms with Crippen LogP contribution in [-0.4, -0.2) is 29.7 Å². The molecule has 0 aliphatic carbocycles. The van der Waals surface area contributed by atoms with Crippen molar-refractivity contribution in [2.24, 2.45) is 11.8 Å². The van der Waals surface area contributed by atoms with E-state index >= 15 is 0 Å². The molecular formula is C29H23ClN3O5+. The third-order valence-electron chi connectivity index (χ3n) is 7.37. The van der Waals surface area contributed by atoms with Crippen molar-refractivity contribution in [3.63, 3.8) is 0 Å². The summed E-state index contributed by atoms with van der Waals surface area (Å²) in [5.74, 6) is -2.88. The van der Waals surface area contributed by atoms with E-state index in [1.807, 2.05) is 36.5 Å². The number of nitrogens with zero attached hydrogens (tertiary/aromatic N) is 1. The molecule has 6 rings (SSSR count). The maximum absolute atomic E-state index is 13.9. The number of hydrogen-bond acceptors (Lipinski definition) is 5. The number of carbonyl (C=O) groups excluding carboxylic acids is 4. The monoisotopic (exact) mass is 528 g/mol. The Bertz CT molecular complexity index is 1500. The van der Waals surface area contributed by atoms with Gasteiger partial charge in [0.2, 0.25) is 11.8 Å². The van der Waals surface area contributed by atoms with Crippen LogP contribution in [0.15, 0.2) is 79.0 Å². The highest BCUT2D eigenvalue weighted by atomic mass is 35.5. The minimum absolute atomic E-state index is 0.308. The number of anilines is 2. The van der Waals surface area contributed by atoms with E-state index in [1.165, 1.54) is 19.1 Å². The molecule has 0 spiro atoms. The number of amides is 3. The molecule has 0 bridgehead atoms. The second-order valence-corrected chi connectivity index (χ2v) is 10.0. The summed E-state index contributed by atoms with van der Waals surface area (Å²) in [7, 11) is 0. The summed E-state index contributed by atoms with van der Waals surface area (Å²) in [6.45, 7) is 1.29. The molecule has 38 heavy (non-hydrogen) atoms. The van der Waals surface area contributed by atoms with Crippen molar-refractivity contribution < 1.29 is 28.8 Å². The number of nitrogens with one attached hydrogen (secondary N) is 2. The first-order chi connectivity index (χ1) is 18.3. The van der Waals surface area contributed by atoms with E-state index < -0.39 is 35.8 Å². The van der Waals surface area contributed by atoms with Crippen LogP contribution < -0.4 is 19.9 Å². The molecule has 2 fully saturated rings. The van der Waals surface area contributed by atoms with Gasteiger partial charge in [0.05, 0.1) is 11.9 Å². The smallest absolute Gasteiger partial charge is 0.308 e. The molecule has 5 atom stereocenters. The first-order valence-corrected chi connectivity index (χ1v) is 12.6. The Kier molecular flexibility index (Phi) is 5.86. The maximum atomic E-state index is 13.9. The molecule has 2 saturated heterocycles. The average Bonchev–Trinajstić information content (AvgIpc) is 3.38. The number of rotatable bonds is 4. The van der Waals surface area contributed by atoms with E-state index in [-0.39, 0.29) is 11.8 Å². The van der Waals surface area contributed by atoms with Crippen molar-refractivity contribution in [1.82, 2.24) is 0 Å². The maximum Gasteiger partial charge on any atom is 0.308 e. The summed E-state index contributed by atoms with van der Waals surface area (Å²) in [6, 6.07) is 19.4. The summed E-state index contributed by atoms with van der Waals surface area (Å²) in [4.78, 5) is 54.8. The highest BCUT2D eigenvalue weighted by Gasteiger charge is 2.68. The fourth-order valence-corrected chi connectivity index (χ4v) is 6.01. The number of carbonyl (C=O) groups is 4. The lowest BCUT2D eigenvalue weighted by molar-refractivity contribution is -0.884. The number of ether oxygens (including phenoxy) is 1. The van der Waals surface area contributed by atoms with Crippen molar-refractivity contribution in [1.29, 1.82) is 0 Å². The number of fused-ring (bicyclic) bond motifs is 5. The molecule has 3 aromatic rings. The fraction of sp³-hybridized carbons (Fsp3) is 0.172. The molecular weight excluding hydrogens is 506 g/mol. The van der Waals surface area contributed by atoms with Crippen molar-refractivity contribution in [3.05, 3.63) is 95.1 Å². The molecule has 2 N–H and O–H groups in total. The van der Waals surface area contributed by atoms with Crippen LogP contribution in [-0.2, 0) is 19.2 Å². The van der Waals surface area contributed by atoms with Crippen LogP contribution in [0.2, 0.25) is 5.02 Å². The van der Waals surface area contributed by atoms with E-state index in [4.69, 9.17) is 16.3 Å². The molecule has 0 radical (unpaired) electrons. The van der Waals surface area contributed by atoms with Gasteiger partial charge in [-0.3, -0.25) is 24.1 Å². The summed E-state index contributed by atoms with van der Waals surface area (Å²) < 4.78 is 5.08. The number of benzene rings is 3. The van der Waals surface area contributed by atoms with Crippen LogP contribution in [0.5, 0.6) is 5.75 Å². The zero-order chi connectivity index (χ0) is 26.6. The van der Waals surface area contributed by atoms with Crippen LogP contribution in [0.4, 0.5) is 11.4 Å². The van der Waals surface area contributed by atoms with Gasteiger partial charge in [0.1, 0.15) is 23.6 Å². The van der Waals surface area contributed by atoms with Crippen molar-refractivity contribution in [2.75, 3.05) is 10.2 Å². The van der Waals surface area contributed by atoms with Gasteiger partial charge in [-0.25, -0.2) is 4.90 Å². The lowest BCUT2D eigenvalue weighted by atomic mass is 9.84. The predicted molar refractivity (Wildman–Crippen MR) is 140 cm³/mol. The standard InChI is InChI=1S/C29H22ClN3O5/c1-16(34)38-21-12-10-20(11-13-21)33-28(36)23-24(29(33)37)26(27(35)31-19-8-6-18(30)7-9-19)32-15-14-17-4-2-3-5-22(17)25(23)32/h2-15,23-26H,1H3,(H,31,35)/p+1/t23-,24+,25-,26-/m1/s1. The van der Waals surface area contributed by atoms with E-state index in [1.54, 1.807) is 36.4 Å². The topological polar surface area (TPSA) is 97.2 Å². The second kappa shape index (κ2) is 9.24. The normalized spacial score (nSPS) is 25.0. The SMILES string of the molecule is CC(=O)Oc1ccc(N2C(=O)[C@@H]3[C@H](C2=O)[C@H](C(=O)Nc2ccc(Cl)cc2)[NH+]2C=Cc4ccccc4[C@H]32)cc1. The van der Waals surface area contributed by atoms with Gasteiger partial charge < -0.3 is 10.1 Å². The largest absolute Gasteiger partial charge is 0.427 e. The first-order valence-electron chi connectivity index (χ1n) is 12.2. The van der Waals surface area contributed by atoms with Gasteiger partial charge in [-0.2, -0.15) is 0 Å². The van der Waals surface area contributed by atoms with E-state index in [2.05, 4.69) is 5.32 Å². The number of halogens is 1. The van der Waals surface area contributed by atoms with Gasteiger partial charge in [-0.1, -0.05) is 35.9 Å². The molecule has 8 nitrogen and oxygen atoms in total. The quantitative estimate of drug-likeness (QED) is 0.308. The van der Waals surface area contributed by atoms with Gasteiger partial charge in [0, 0.05) is 23.2 Å². The van der Waals surface area contributed by atoms with Gasteiger partial charge in [0.25, 0.3) is 5.91 Å². The first kappa shape index (κ1) is 24.1.